The maximum Gasteiger partial charge on any atom is 0.119 e. The van der Waals surface area contributed by atoms with Crippen molar-refractivity contribution in [2.75, 3.05) is 44.9 Å². The van der Waals surface area contributed by atoms with Crippen LogP contribution in [0.2, 0.25) is 0 Å². The highest BCUT2D eigenvalue weighted by molar-refractivity contribution is 5.50. The summed E-state index contributed by atoms with van der Waals surface area (Å²) in [6, 6.07) is 9.16. The van der Waals surface area contributed by atoms with Crippen LogP contribution in [0.3, 0.4) is 0 Å². The first-order chi connectivity index (χ1) is 10.6. The Bertz CT molecular complexity index is 482. The van der Waals surface area contributed by atoms with Gasteiger partial charge in [-0.15, -0.1) is 0 Å². The lowest BCUT2D eigenvalue weighted by Crippen LogP contribution is -2.57. The fraction of sp³-hybridized carbons (Fsp3) is 0.667. The maximum atomic E-state index is 5.64. The van der Waals surface area contributed by atoms with Gasteiger partial charge in [0.2, 0.25) is 0 Å². The molecular formula is C18H28N2O2. The molecular weight excluding hydrogens is 276 g/mol. The van der Waals surface area contributed by atoms with Crippen molar-refractivity contribution in [3.05, 3.63) is 24.3 Å². The van der Waals surface area contributed by atoms with Crippen molar-refractivity contribution >= 4 is 5.69 Å². The van der Waals surface area contributed by atoms with E-state index in [0.29, 0.717) is 24.8 Å². The molecule has 1 aliphatic carbocycles. The van der Waals surface area contributed by atoms with Crippen LogP contribution in [0.1, 0.15) is 26.7 Å². The van der Waals surface area contributed by atoms with E-state index in [1.807, 2.05) is 0 Å². The first-order valence-corrected chi connectivity index (χ1v) is 8.38. The lowest BCUT2D eigenvalue weighted by atomic mass is 10.1. The van der Waals surface area contributed by atoms with Crippen LogP contribution >= 0.6 is 0 Å². The normalized spacial score (nSPS) is 20.6. The Hall–Kier alpha value is -1.26. The van der Waals surface area contributed by atoms with Crippen LogP contribution in [0.25, 0.3) is 0 Å². The predicted molar refractivity (Wildman–Crippen MR) is 89.8 cm³/mol. The summed E-state index contributed by atoms with van der Waals surface area (Å²) in [6.07, 6.45) is 2.69. The average molecular weight is 304 g/mol. The molecule has 1 spiro atoms. The van der Waals surface area contributed by atoms with Crippen LogP contribution in [0, 0.1) is 0 Å². The minimum absolute atomic E-state index is 0.444. The third-order valence-electron chi connectivity index (χ3n) is 4.91. The molecule has 0 unspecified atom stereocenters. The van der Waals surface area contributed by atoms with Gasteiger partial charge in [0.1, 0.15) is 12.4 Å². The zero-order valence-electron chi connectivity index (χ0n) is 14.0. The van der Waals surface area contributed by atoms with Crippen molar-refractivity contribution in [3.63, 3.8) is 0 Å². The number of piperazine rings is 1. The van der Waals surface area contributed by atoms with Gasteiger partial charge in [-0.25, -0.2) is 0 Å². The van der Waals surface area contributed by atoms with Gasteiger partial charge < -0.3 is 14.4 Å². The third kappa shape index (κ3) is 3.23. The summed E-state index contributed by atoms with van der Waals surface area (Å²) in [5, 5.41) is 0. The molecule has 1 saturated carbocycles. The summed E-state index contributed by atoms with van der Waals surface area (Å²) in [5.74, 6) is 0.919. The summed E-state index contributed by atoms with van der Waals surface area (Å²) in [7, 11) is 1.69. The molecule has 4 nitrogen and oxygen atoms in total. The van der Waals surface area contributed by atoms with Gasteiger partial charge in [0.25, 0.3) is 0 Å². The molecule has 1 aromatic carbocycles. The average Bonchev–Trinajstić information content (AvgIpc) is 3.27. The number of hydrogen-bond acceptors (Lipinski definition) is 4. The zero-order valence-corrected chi connectivity index (χ0v) is 14.0. The van der Waals surface area contributed by atoms with Gasteiger partial charge in [-0.05, 0) is 51.0 Å². The Morgan fingerprint density at radius 1 is 1.09 bits per heavy atom. The van der Waals surface area contributed by atoms with E-state index in [4.69, 9.17) is 9.47 Å². The van der Waals surface area contributed by atoms with E-state index < -0.39 is 0 Å². The van der Waals surface area contributed by atoms with Gasteiger partial charge >= 0.3 is 0 Å². The van der Waals surface area contributed by atoms with Gasteiger partial charge in [-0.1, -0.05) is 0 Å². The smallest absolute Gasteiger partial charge is 0.119 e. The van der Waals surface area contributed by atoms with Gasteiger partial charge in [0.15, 0.2) is 0 Å². The molecule has 1 aliphatic heterocycles. The molecule has 4 heteroatoms. The van der Waals surface area contributed by atoms with Gasteiger partial charge in [0.05, 0.1) is 6.61 Å². The second kappa shape index (κ2) is 6.47. The summed E-state index contributed by atoms with van der Waals surface area (Å²) in [4.78, 5) is 5.23. The first kappa shape index (κ1) is 15.6. The van der Waals surface area contributed by atoms with Crippen molar-refractivity contribution in [3.8, 4) is 5.75 Å². The lowest BCUT2D eigenvalue weighted by Gasteiger charge is -2.45. The van der Waals surface area contributed by atoms with Crippen LogP contribution in [-0.2, 0) is 4.74 Å². The summed E-state index contributed by atoms with van der Waals surface area (Å²) in [5.41, 5.74) is 1.76. The van der Waals surface area contributed by atoms with Gasteiger partial charge in [-0.3, -0.25) is 4.90 Å². The molecule has 122 valence electrons. The van der Waals surface area contributed by atoms with E-state index in [0.717, 1.165) is 18.8 Å². The molecule has 0 radical (unpaired) electrons. The standard InChI is InChI=1S/C18H28N2O2/c1-15(2)20-11-10-19(14-18(20)8-9-18)16-4-6-17(7-5-16)22-13-12-21-3/h4-7,15H,8-14H2,1-3H3. The quantitative estimate of drug-likeness (QED) is 0.755. The maximum absolute atomic E-state index is 5.64. The van der Waals surface area contributed by atoms with Crippen molar-refractivity contribution in [1.29, 1.82) is 0 Å². The van der Waals surface area contributed by atoms with Crippen LogP contribution in [0.4, 0.5) is 5.69 Å². The molecule has 0 aromatic heterocycles. The molecule has 2 fully saturated rings. The van der Waals surface area contributed by atoms with Crippen LogP contribution in [0.5, 0.6) is 5.75 Å². The van der Waals surface area contributed by atoms with Gasteiger partial charge in [0, 0.05) is 44.0 Å². The molecule has 0 amide bonds. The Balaban J connectivity index is 1.61. The van der Waals surface area contributed by atoms with Gasteiger partial charge in [-0.2, -0.15) is 0 Å². The van der Waals surface area contributed by atoms with Crippen LogP contribution < -0.4 is 9.64 Å². The van der Waals surface area contributed by atoms with Crippen molar-refractivity contribution in [2.24, 2.45) is 0 Å². The molecule has 1 aromatic rings. The second-order valence-corrected chi connectivity index (χ2v) is 6.77. The SMILES string of the molecule is COCCOc1ccc(N2CCN(C(C)C)C3(CC3)C2)cc1. The van der Waals surface area contributed by atoms with Crippen molar-refractivity contribution < 1.29 is 9.47 Å². The number of nitrogens with zero attached hydrogens (tertiary/aromatic N) is 2. The monoisotopic (exact) mass is 304 g/mol. The highest BCUT2D eigenvalue weighted by Gasteiger charge is 2.51. The zero-order chi connectivity index (χ0) is 15.6. The Morgan fingerprint density at radius 2 is 1.82 bits per heavy atom. The summed E-state index contributed by atoms with van der Waals surface area (Å²) in [6.45, 7) is 9.32. The Morgan fingerprint density at radius 3 is 2.41 bits per heavy atom. The molecule has 3 rings (SSSR count). The highest BCUT2D eigenvalue weighted by atomic mass is 16.5. The minimum Gasteiger partial charge on any atom is -0.491 e. The molecule has 1 saturated heterocycles. The number of hydrogen-bond donors (Lipinski definition) is 0. The first-order valence-electron chi connectivity index (χ1n) is 8.38. The van der Waals surface area contributed by atoms with Crippen LogP contribution in [0.15, 0.2) is 24.3 Å². The van der Waals surface area contributed by atoms with E-state index in [2.05, 4.69) is 47.9 Å². The summed E-state index contributed by atoms with van der Waals surface area (Å²) < 4.78 is 10.6. The molecule has 1 heterocycles. The fourth-order valence-corrected chi connectivity index (χ4v) is 3.60. The molecule has 0 N–H and O–H groups in total. The highest BCUT2D eigenvalue weighted by Crippen LogP contribution is 2.46. The van der Waals surface area contributed by atoms with E-state index >= 15 is 0 Å². The third-order valence-corrected chi connectivity index (χ3v) is 4.91. The minimum atomic E-state index is 0.444. The molecule has 0 bridgehead atoms. The molecule has 22 heavy (non-hydrogen) atoms. The number of ether oxygens (including phenoxy) is 2. The van der Waals surface area contributed by atoms with E-state index in [1.165, 1.54) is 25.1 Å². The lowest BCUT2D eigenvalue weighted by molar-refractivity contribution is 0.119. The number of anilines is 1. The fourth-order valence-electron chi connectivity index (χ4n) is 3.60. The Kier molecular flexibility index (Phi) is 4.59. The summed E-state index contributed by atoms with van der Waals surface area (Å²) >= 11 is 0. The molecule has 2 aliphatic rings. The van der Waals surface area contributed by atoms with E-state index in [9.17, 15) is 0 Å². The van der Waals surface area contributed by atoms with Crippen LogP contribution in [-0.4, -0.2) is 56.4 Å². The number of benzene rings is 1. The Labute approximate surface area is 134 Å². The van der Waals surface area contributed by atoms with Crippen molar-refractivity contribution in [2.45, 2.75) is 38.3 Å². The van der Waals surface area contributed by atoms with Crippen molar-refractivity contribution in [1.82, 2.24) is 4.90 Å². The largest absolute Gasteiger partial charge is 0.491 e. The van der Waals surface area contributed by atoms with E-state index in [-0.39, 0.29) is 0 Å². The number of rotatable bonds is 6. The molecule has 0 atom stereocenters. The predicted octanol–water partition coefficient (Wildman–Crippen LogP) is 2.77. The van der Waals surface area contributed by atoms with E-state index in [1.54, 1.807) is 7.11 Å². The number of methoxy groups -OCH3 is 1. The topological polar surface area (TPSA) is 24.9 Å². The second-order valence-electron chi connectivity index (χ2n) is 6.77.